The van der Waals surface area contributed by atoms with Gasteiger partial charge in [0.2, 0.25) is 11.0 Å². The van der Waals surface area contributed by atoms with Crippen LogP contribution in [0.25, 0.3) is 0 Å². The normalized spacial score (nSPS) is 18.3. The van der Waals surface area contributed by atoms with Crippen LogP contribution in [0.1, 0.15) is 63.5 Å². The molecule has 0 spiro atoms. The summed E-state index contributed by atoms with van der Waals surface area (Å²) in [5.41, 5.74) is 10.8. The lowest BCUT2D eigenvalue weighted by Crippen LogP contribution is -2.42. The number of aromatic nitrogens is 2. The van der Waals surface area contributed by atoms with Crippen molar-refractivity contribution in [1.29, 1.82) is 5.26 Å². The van der Waals surface area contributed by atoms with Gasteiger partial charge in [-0.05, 0) is 53.1 Å². The number of nitriles is 1. The van der Waals surface area contributed by atoms with Gasteiger partial charge in [-0.3, -0.25) is 14.5 Å². The number of halogens is 1. The molecule has 42 heavy (non-hydrogen) atoms. The van der Waals surface area contributed by atoms with Gasteiger partial charge in [-0.1, -0.05) is 86.7 Å². The Labute approximate surface area is 258 Å². The maximum Gasteiger partial charge on any atom is 0.234 e. The van der Waals surface area contributed by atoms with Crippen LogP contribution in [0.2, 0.25) is 5.02 Å². The molecule has 3 N–H and O–H groups in total. The SMILES string of the molecule is CC(C)c1ccc(C2C(C#N)=C(N)N(c3nnc(SCC(=O)Nc4ccc(Cl)cc4)s3)C3=C2C(=O)CC(C)(C)C3)cc1. The number of hydrogen-bond donors (Lipinski definition) is 2. The van der Waals surface area contributed by atoms with E-state index in [1.165, 1.54) is 28.7 Å². The fourth-order valence-electron chi connectivity index (χ4n) is 5.34. The number of benzene rings is 2. The molecule has 0 radical (unpaired) electrons. The summed E-state index contributed by atoms with van der Waals surface area (Å²) in [6.07, 6.45) is 0.957. The topological polar surface area (TPSA) is 125 Å². The molecule has 0 fully saturated rings. The van der Waals surface area contributed by atoms with Crippen LogP contribution < -0.4 is 16.0 Å². The van der Waals surface area contributed by atoms with E-state index in [-0.39, 0.29) is 28.7 Å². The summed E-state index contributed by atoms with van der Waals surface area (Å²) in [7, 11) is 0. The Bertz CT molecular complexity index is 1630. The Kier molecular flexibility index (Phi) is 8.46. The third-order valence-electron chi connectivity index (χ3n) is 7.36. The fourth-order valence-corrected chi connectivity index (χ4v) is 7.15. The first-order chi connectivity index (χ1) is 20.0. The summed E-state index contributed by atoms with van der Waals surface area (Å²) >= 11 is 8.43. The van der Waals surface area contributed by atoms with Crippen molar-refractivity contribution >= 4 is 57.2 Å². The van der Waals surface area contributed by atoms with Crippen LogP contribution in [-0.2, 0) is 9.59 Å². The Morgan fingerprint density at radius 1 is 1.19 bits per heavy atom. The smallest absolute Gasteiger partial charge is 0.234 e. The van der Waals surface area contributed by atoms with Crippen molar-refractivity contribution in [2.75, 3.05) is 16.0 Å². The molecule has 3 aromatic rings. The van der Waals surface area contributed by atoms with Crippen molar-refractivity contribution in [3.05, 3.63) is 87.3 Å². The minimum absolute atomic E-state index is 0.00224. The monoisotopic (exact) mass is 618 g/mol. The zero-order valence-corrected chi connectivity index (χ0v) is 26.2. The molecule has 0 bridgehead atoms. The summed E-state index contributed by atoms with van der Waals surface area (Å²) in [6.45, 7) is 8.36. The first kappa shape index (κ1) is 29.8. The van der Waals surface area contributed by atoms with E-state index < -0.39 is 5.92 Å². The highest BCUT2D eigenvalue weighted by Gasteiger charge is 2.45. The molecular weight excluding hydrogens is 588 g/mol. The third-order valence-corrected chi connectivity index (χ3v) is 9.65. The van der Waals surface area contributed by atoms with Gasteiger partial charge in [0.15, 0.2) is 10.1 Å². The van der Waals surface area contributed by atoms with Gasteiger partial charge in [0.1, 0.15) is 5.82 Å². The van der Waals surface area contributed by atoms with Gasteiger partial charge in [-0.15, -0.1) is 10.2 Å². The molecule has 216 valence electrons. The number of thioether (sulfide) groups is 1. The predicted octanol–water partition coefficient (Wildman–Crippen LogP) is 6.99. The first-order valence-corrected chi connectivity index (χ1v) is 15.7. The highest BCUT2D eigenvalue weighted by Crippen LogP contribution is 2.50. The molecule has 1 aromatic heterocycles. The van der Waals surface area contributed by atoms with E-state index in [0.29, 0.717) is 50.1 Å². The van der Waals surface area contributed by atoms with Gasteiger partial charge >= 0.3 is 0 Å². The molecule has 1 atom stereocenters. The van der Waals surface area contributed by atoms with Crippen LogP contribution >= 0.6 is 34.7 Å². The Balaban J connectivity index is 1.46. The van der Waals surface area contributed by atoms with Crippen LogP contribution in [0.3, 0.4) is 0 Å². The van der Waals surface area contributed by atoms with Crippen LogP contribution in [0.5, 0.6) is 0 Å². The average Bonchev–Trinajstić information content (AvgIpc) is 3.40. The van der Waals surface area contributed by atoms with E-state index in [1.807, 2.05) is 24.3 Å². The number of nitrogens with one attached hydrogen (secondary N) is 1. The molecule has 0 saturated carbocycles. The number of rotatable bonds is 7. The van der Waals surface area contributed by atoms with Crippen molar-refractivity contribution in [3.8, 4) is 6.07 Å². The number of amides is 1. The lowest BCUT2D eigenvalue weighted by atomic mass is 9.68. The number of carbonyl (C=O) groups excluding carboxylic acids is 2. The highest BCUT2D eigenvalue weighted by molar-refractivity contribution is 8.01. The number of ketones is 1. The molecule has 2 aromatic carbocycles. The fraction of sp³-hybridized carbons (Fsp3) is 0.323. The zero-order valence-electron chi connectivity index (χ0n) is 23.8. The molecule has 1 unspecified atom stereocenters. The Hall–Kier alpha value is -3.65. The summed E-state index contributed by atoms with van der Waals surface area (Å²) < 4.78 is 0.567. The van der Waals surface area contributed by atoms with E-state index in [2.05, 4.69) is 49.3 Å². The van der Waals surface area contributed by atoms with Crippen molar-refractivity contribution in [3.63, 3.8) is 0 Å². The highest BCUT2D eigenvalue weighted by atomic mass is 35.5. The Morgan fingerprint density at radius 3 is 2.52 bits per heavy atom. The first-order valence-electron chi connectivity index (χ1n) is 13.5. The van der Waals surface area contributed by atoms with E-state index in [0.717, 1.165) is 11.3 Å². The molecular formula is C31H31ClN6O2S2. The number of hydrogen-bond acceptors (Lipinski definition) is 9. The number of allylic oxidation sites excluding steroid dienone is 3. The second kappa shape index (κ2) is 11.9. The van der Waals surface area contributed by atoms with Crippen molar-refractivity contribution in [2.45, 2.75) is 56.7 Å². The summed E-state index contributed by atoms with van der Waals surface area (Å²) in [4.78, 5) is 28.0. The second-order valence-corrected chi connectivity index (χ2v) is 14.1. The van der Waals surface area contributed by atoms with Gasteiger partial charge in [0.25, 0.3) is 0 Å². The Morgan fingerprint density at radius 2 is 1.88 bits per heavy atom. The third kappa shape index (κ3) is 6.09. The lowest BCUT2D eigenvalue weighted by Gasteiger charge is -2.42. The maximum absolute atomic E-state index is 13.8. The van der Waals surface area contributed by atoms with Crippen LogP contribution in [0.15, 0.2) is 75.5 Å². The summed E-state index contributed by atoms with van der Waals surface area (Å²) in [6, 6.07) is 17.3. The zero-order chi connectivity index (χ0) is 30.2. The molecule has 5 rings (SSSR count). The van der Waals surface area contributed by atoms with Crippen molar-refractivity contribution in [1.82, 2.24) is 10.2 Å². The summed E-state index contributed by atoms with van der Waals surface area (Å²) in [5.74, 6) is -0.0180. The molecule has 8 nitrogen and oxygen atoms in total. The van der Waals surface area contributed by atoms with Gasteiger partial charge in [0.05, 0.1) is 23.3 Å². The number of carbonyl (C=O) groups is 2. The molecule has 0 saturated heterocycles. The quantitative estimate of drug-likeness (QED) is 0.272. The molecule has 2 aliphatic rings. The molecule has 1 aliphatic carbocycles. The van der Waals surface area contributed by atoms with Crippen LogP contribution in [-0.4, -0.2) is 27.6 Å². The predicted molar refractivity (Wildman–Crippen MR) is 168 cm³/mol. The molecule has 1 aliphatic heterocycles. The second-order valence-electron chi connectivity index (χ2n) is 11.5. The molecule has 1 amide bonds. The van der Waals surface area contributed by atoms with Gasteiger partial charge in [-0.2, -0.15) is 5.26 Å². The minimum atomic E-state index is -0.551. The van der Waals surface area contributed by atoms with Crippen LogP contribution in [0.4, 0.5) is 10.8 Å². The van der Waals surface area contributed by atoms with Gasteiger partial charge in [-0.25, -0.2) is 0 Å². The average molecular weight is 619 g/mol. The molecule has 2 heterocycles. The standard InChI is InChI=1S/C31H31ClN6O2S2/c1-17(2)18-5-7-19(8-6-18)26-22(15-33)28(34)38(23-13-31(3,4)14-24(39)27(23)26)29-36-37-30(42-29)41-16-25(40)35-21-11-9-20(32)10-12-21/h5-12,17,26H,13-14,16,34H2,1-4H3,(H,35,40). The summed E-state index contributed by atoms with van der Waals surface area (Å²) in [5, 5.41) is 22.9. The maximum atomic E-state index is 13.8. The number of nitrogens with two attached hydrogens (primary N) is 1. The number of Topliss-reactive ketones (excluding diaryl/α,β-unsaturated/α-hetero) is 1. The van der Waals surface area contributed by atoms with E-state index in [1.54, 1.807) is 29.2 Å². The van der Waals surface area contributed by atoms with Crippen molar-refractivity contribution in [2.24, 2.45) is 11.1 Å². The van der Waals surface area contributed by atoms with Gasteiger partial charge < -0.3 is 11.1 Å². The van der Waals surface area contributed by atoms with E-state index >= 15 is 0 Å². The van der Waals surface area contributed by atoms with Crippen LogP contribution in [0, 0.1) is 16.7 Å². The van der Waals surface area contributed by atoms with Crippen molar-refractivity contribution < 1.29 is 9.59 Å². The van der Waals surface area contributed by atoms with E-state index in [4.69, 9.17) is 17.3 Å². The minimum Gasteiger partial charge on any atom is -0.384 e. The molecule has 11 heteroatoms. The number of nitrogens with zero attached hydrogens (tertiary/aromatic N) is 4. The number of anilines is 2. The largest absolute Gasteiger partial charge is 0.384 e. The lowest BCUT2D eigenvalue weighted by molar-refractivity contribution is -0.118. The van der Waals surface area contributed by atoms with Gasteiger partial charge in [0, 0.05) is 28.4 Å². The van der Waals surface area contributed by atoms with E-state index in [9.17, 15) is 14.9 Å².